The molecule has 0 unspecified atom stereocenters. The summed E-state index contributed by atoms with van der Waals surface area (Å²) in [5.41, 5.74) is 0.172. The Labute approximate surface area is 107 Å². The van der Waals surface area contributed by atoms with Crippen LogP contribution in [0.25, 0.3) is 0 Å². The fourth-order valence-corrected chi connectivity index (χ4v) is 3.21. The van der Waals surface area contributed by atoms with Gasteiger partial charge < -0.3 is 0 Å². The first-order valence-corrected chi connectivity index (χ1v) is 6.51. The highest BCUT2D eigenvalue weighted by Crippen LogP contribution is 2.43. The molecule has 3 nitrogen and oxygen atoms in total. The van der Waals surface area contributed by atoms with Crippen molar-refractivity contribution in [2.45, 2.75) is 58.0 Å². The summed E-state index contributed by atoms with van der Waals surface area (Å²) < 4.78 is 6.27. The maximum atomic E-state index is 8.58. The molecule has 1 heterocycles. The van der Waals surface area contributed by atoms with Gasteiger partial charge in [0.25, 0.3) is 0 Å². The molecule has 16 heavy (non-hydrogen) atoms. The SMILES string of the molecule is CC1(C)CCCC(C)(C)N1SN=C(Cl)C#N. The number of halogens is 1. The van der Waals surface area contributed by atoms with E-state index < -0.39 is 0 Å². The Balaban J connectivity index is 2.84. The van der Waals surface area contributed by atoms with E-state index in [1.807, 2.05) is 6.07 Å². The molecule has 0 aromatic heterocycles. The van der Waals surface area contributed by atoms with Gasteiger partial charge in [-0.25, -0.2) is 4.31 Å². The molecule has 0 N–H and O–H groups in total. The van der Waals surface area contributed by atoms with Crippen LogP contribution in [0, 0.1) is 11.3 Å². The van der Waals surface area contributed by atoms with Gasteiger partial charge in [0.2, 0.25) is 5.17 Å². The van der Waals surface area contributed by atoms with Gasteiger partial charge >= 0.3 is 0 Å². The first-order chi connectivity index (χ1) is 7.29. The lowest BCUT2D eigenvalue weighted by Crippen LogP contribution is -2.54. The van der Waals surface area contributed by atoms with Crippen LogP contribution in [0.2, 0.25) is 0 Å². The van der Waals surface area contributed by atoms with Crippen LogP contribution in [0.1, 0.15) is 47.0 Å². The van der Waals surface area contributed by atoms with Crippen LogP contribution in [-0.2, 0) is 0 Å². The first-order valence-electron chi connectivity index (χ1n) is 5.41. The third-order valence-corrected chi connectivity index (χ3v) is 4.66. The molecule has 0 spiro atoms. The topological polar surface area (TPSA) is 39.4 Å². The molecule has 1 saturated heterocycles. The minimum absolute atomic E-state index is 0.00201. The summed E-state index contributed by atoms with van der Waals surface area (Å²) in [5, 5.41) is 8.58. The van der Waals surface area contributed by atoms with Crippen molar-refractivity contribution in [2.24, 2.45) is 4.40 Å². The van der Waals surface area contributed by atoms with E-state index in [1.54, 1.807) is 0 Å². The molecule has 1 rings (SSSR count). The molecule has 0 atom stereocenters. The van der Waals surface area contributed by atoms with Crippen LogP contribution >= 0.6 is 23.7 Å². The molecule has 0 aromatic carbocycles. The van der Waals surface area contributed by atoms with E-state index in [0.717, 1.165) is 12.8 Å². The quantitative estimate of drug-likeness (QED) is 0.560. The summed E-state index contributed by atoms with van der Waals surface area (Å²) in [6.07, 6.45) is 3.51. The van der Waals surface area contributed by atoms with Crippen molar-refractivity contribution in [1.82, 2.24) is 4.31 Å². The molecular weight excluding hydrogens is 242 g/mol. The van der Waals surface area contributed by atoms with Crippen molar-refractivity contribution < 1.29 is 0 Å². The zero-order valence-electron chi connectivity index (χ0n) is 10.2. The van der Waals surface area contributed by atoms with Gasteiger partial charge in [-0.1, -0.05) is 0 Å². The average Bonchev–Trinajstić information content (AvgIpc) is 2.14. The van der Waals surface area contributed by atoms with Crippen molar-refractivity contribution in [3.8, 4) is 6.07 Å². The van der Waals surface area contributed by atoms with Crippen LogP contribution < -0.4 is 0 Å². The fourth-order valence-electron chi connectivity index (χ4n) is 2.29. The van der Waals surface area contributed by atoms with Crippen molar-refractivity contribution in [1.29, 1.82) is 5.26 Å². The number of nitrogens with zero attached hydrogens (tertiary/aromatic N) is 3. The first kappa shape index (κ1) is 13.8. The van der Waals surface area contributed by atoms with Gasteiger partial charge in [0.05, 0.1) is 12.1 Å². The van der Waals surface area contributed by atoms with Gasteiger partial charge in [-0.15, -0.1) is 0 Å². The minimum Gasteiger partial charge on any atom is -0.220 e. The van der Waals surface area contributed by atoms with Crippen LogP contribution in [0.3, 0.4) is 0 Å². The predicted molar refractivity (Wildman–Crippen MR) is 70.3 cm³/mol. The highest BCUT2D eigenvalue weighted by Gasteiger charge is 2.42. The summed E-state index contributed by atoms with van der Waals surface area (Å²) in [6.45, 7) is 8.82. The maximum Gasteiger partial charge on any atom is 0.215 e. The number of nitriles is 1. The zero-order chi connectivity index (χ0) is 12.4. The van der Waals surface area contributed by atoms with E-state index >= 15 is 0 Å². The smallest absolute Gasteiger partial charge is 0.215 e. The standard InChI is InChI=1S/C11H18ClN3S/c1-10(2)6-5-7-11(3,4)15(10)16-14-9(12)8-13/h5-7H2,1-4H3. The Kier molecular flexibility index (Phi) is 4.28. The normalized spacial score (nSPS) is 25.1. The molecule has 5 heteroatoms. The molecule has 1 fully saturated rings. The van der Waals surface area contributed by atoms with Crippen LogP contribution in [0.15, 0.2) is 4.40 Å². The van der Waals surface area contributed by atoms with Gasteiger partial charge in [0.1, 0.15) is 6.07 Å². The summed E-state index contributed by atoms with van der Waals surface area (Å²) in [5.74, 6) is 0. The van der Waals surface area contributed by atoms with E-state index in [4.69, 9.17) is 16.9 Å². The lowest BCUT2D eigenvalue weighted by Gasteiger charge is -2.50. The average molecular weight is 260 g/mol. The van der Waals surface area contributed by atoms with Crippen molar-refractivity contribution in [3.63, 3.8) is 0 Å². The van der Waals surface area contributed by atoms with E-state index in [-0.39, 0.29) is 16.2 Å². The zero-order valence-corrected chi connectivity index (χ0v) is 11.8. The van der Waals surface area contributed by atoms with Crippen molar-refractivity contribution >= 4 is 28.9 Å². The molecule has 0 bridgehead atoms. The van der Waals surface area contributed by atoms with E-state index in [1.165, 1.54) is 18.6 Å². The molecule has 1 aliphatic heterocycles. The Bertz CT molecular complexity index is 315. The molecule has 0 saturated carbocycles. The van der Waals surface area contributed by atoms with Crippen molar-refractivity contribution in [3.05, 3.63) is 0 Å². The highest BCUT2D eigenvalue weighted by molar-refractivity contribution is 7.96. The molecule has 1 aliphatic rings. The number of piperidine rings is 1. The predicted octanol–water partition coefficient (Wildman–Crippen LogP) is 3.75. The number of hydrogen-bond acceptors (Lipinski definition) is 4. The Morgan fingerprint density at radius 2 is 1.81 bits per heavy atom. The Morgan fingerprint density at radius 1 is 1.31 bits per heavy atom. The fraction of sp³-hybridized carbons (Fsp3) is 0.818. The van der Waals surface area contributed by atoms with Gasteiger partial charge in [0, 0.05) is 11.1 Å². The summed E-state index contributed by atoms with van der Waals surface area (Å²) in [6, 6.07) is 1.83. The molecule has 0 aromatic rings. The summed E-state index contributed by atoms with van der Waals surface area (Å²) in [4.78, 5) is 0. The lowest BCUT2D eigenvalue weighted by atomic mass is 9.83. The van der Waals surface area contributed by atoms with Gasteiger partial charge in [-0.3, -0.25) is 0 Å². The minimum atomic E-state index is 0.00201. The van der Waals surface area contributed by atoms with E-state index in [0.29, 0.717) is 0 Å². The number of rotatable bonds is 2. The second-order valence-electron chi connectivity index (χ2n) is 5.35. The monoisotopic (exact) mass is 259 g/mol. The Hall–Kier alpha value is -0.240. The second kappa shape index (κ2) is 4.95. The van der Waals surface area contributed by atoms with Crippen molar-refractivity contribution in [2.75, 3.05) is 0 Å². The second-order valence-corrected chi connectivity index (χ2v) is 6.42. The van der Waals surface area contributed by atoms with Gasteiger partial charge in [-0.05, 0) is 58.6 Å². The summed E-state index contributed by atoms with van der Waals surface area (Å²) >= 11 is 6.92. The third kappa shape index (κ3) is 3.13. The molecule has 0 radical (unpaired) electrons. The lowest BCUT2D eigenvalue weighted by molar-refractivity contribution is 0.0678. The van der Waals surface area contributed by atoms with Crippen LogP contribution in [-0.4, -0.2) is 20.6 Å². The maximum absolute atomic E-state index is 8.58. The van der Waals surface area contributed by atoms with E-state index in [9.17, 15) is 0 Å². The molecule has 90 valence electrons. The van der Waals surface area contributed by atoms with E-state index in [2.05, 4.69) is 36.4 Å². The van der Waals surface area contributed by atoms with Crippen LogP contribution in [0.5, 0.6) is 0 Å². The molecule has 0 aliphatic carbocycles. The van der Waals surface area contributed by atoms with Gasteiger partial charge in [-0.2, -0.15) is 9.66 Å². The molecule has 0 amide bonds. The summed E-state index contributed by atoms with van der Waals surface area (Å²) in [7, 11) is 0. The molecular formula is C11H18ClN3S. The van der Waals surface area contributed by atoms with Gasteiger partial charge in [0.15, 0.2) is 0 Å². The highest BCUT2D eigenvalue weighted by atomic mass is 35.5. The number of hydrogen-bond donors (Lipinski definition) is 0. The third-order valence-electron chi connectivity index (χ3n) is 2.97. The largest absolute Gasteiger partial charge is 0.220 e. The van der Waals surface area contributed by atoms with Crippen LogP contribution in [0.4, 0.5) is 0 Å². The Morgan fingerprint density at radius 3 is 2.25 bits per heavy atom.